The first kappa shape index (κ1) is 18.5. The summed E-state index contributed by atoms with van der Waals surface area (Å²) < 4.78 is 5.78. The summed E-state index contributed by atoms with van der Waals surface area (Å²) in [7, 11) is 0. The number of aliphatic hydroxyl groups excluding tert-OH is 1. The first-order valence-corrected chi connectivity index (χ1v) is 8.57. The molecule has 0 saturated carbocycles. The van der Waals surface area contributed by atoms with E-state index in [4.69, 9.17) is 4.74 Å². The molecule has 0 radical (unpaired) electrons. The van der Waals surface area contributed by atoms with Crippen molar-refractivity contribution in [1.29, 1.82) is 0 Å². The van der Waals surface area contributed by atoms with Crippen molar-refractivity contribution in [2.24, 2.45) is 5.41 Å². The second-order valence-corrected chi connectivity index (χ2v) is 7.47. The summed E-state index contributed by atoms with van der Waals surface area (Å²) in [5, 5.41) is 13.3. The Morgan fingerprint density at radius 3 is 2.25 bits per heavy atom. The molecule has 1 unspecified atom stereocenters. The molecule has 2 aromatic carbocycles. The predicted molar refractivity (Wildman–Crippen MR) is 99.0 cm³/mol. The van der Waals surface area contributed by atoms with E-state index in [1.165, 1.54) is 5.56 Å². The average molecular weight is 327 g/mol. The number of aliphatic hydroxyl groups is 1. The number of benzene rings is 2. The molecule has 130 valence electrons. The zero-order chi connectivity index (χ0) is 17.4. The van der Waals surface area contributed by atoms with Crippen molar-refractivity contribution in [2.75, 3.05) is 6.54 Å². The summed E-state index contributed by atoms with van der Waals surface area (Å²) >= 11 is 0. The van der Waals surface area contributed by atoms with Crippen LogP contribution >= 0.6 is 0 Å². The topological polar surface area (TPSA) is 41.5 Å². The fraction of sp³-hybridized carbons (Fsp3) is 0.429. The fourth-order valence-corrected chi connectivity index (χ4v) is 2.61. The maximum absolute atomic E-state index is 10.0. The number of hydrogen-bond acceptors (Lipinski definition) is 3. The molecule has 3 heteroatoms. The molecule has 0 fully saturated rings. The summed E-state index contributed by atoms with van der Waals surface area (Å²) in [4.78, 5) is 0. The summed E-state index contributed by atoms with van der Waals surface area (Å²) in [5.41, 5.74) is 2.50. The first-order chi connectivity index (χ1) is 11.4. The quantitative estimate of drug-likeness (QED) is 0.765. The zero-order valence-corrected chi connectivity index (χ0v) is 15.0. The predicted octanol–water partition coefficient (Wildman–Crippen LogP) is 4.15. The van der Waals surface area contributed by atoms with Crippen molar-refractivity contribution in [3.63, 3.8) is 0 Å². The molecule has 3 nitrogen and oxygen atoms in total. The van der Waals surface area contributed by atoms with Crippen molar-refractivity contribution in [1.82, 2.24) is 5.32 Å². The van der Waals surface area contributed by atoms with Gasteiger partial charge in [-0.25, -0.2) is 0 Å². The number of nitrogens with one attached hydrogen (secondary N) is 1. The molecule has 0 bridgehead atoms. The van der Waals surface area contributed by atoms with E-state index in [1.54, 1.807) is 0 Å². The van der Waals surface area contributed by atoms with Gasteiger partial charge in [0.05, 0.1) is 6.10 Å². The van der Waals surface area contributed by atoms with Gasteiger partial charge in [0, 0.05) is 13.1 Å². The molecule has 1 atom stereocenters. The van der Waals surface area contributed by atoms with Crippen LogP contribution in [-0.4, -0.2) is 17.8 Å². The van der Waals surface area contributed by atoms with E-state index in [2.05, 4.69) is 50.4 Å². The van der Waals surface area contributed by atoms with Crippen LogP contribution in [0.25, 0.3) is 0 Å². The number of rotatable bonds is 8. The van der Waals surface area contributed by atoms with E-state index in [0.29, 0.717) is 13.2 Å². The monoisotopic (exact) mass is 327 g/mol. The summed E-state index contributed by atoms with van der Waals surface area (Å²) in [6.07, 6.45) is 0.491. The van der Waals surface area contributed by atoms with Gasteiger partial charge in [0.25, 0.3) is 0 Å². The highest BCUT2D eigenvalue weighted by molar-refractivity contribution is 5.27. The van der Waals surface area contributed by atoms with Gasteiger partial charge in [-0.3, -0.25) is 0 Å². The van der Waals surface area contributed by atoms with Crippen molar-refractivity contribution >= 4 is 0 Å². The molecule has 0 aromatic heterocycles. The molecule has 0 heterocycles. The largest absolute Gasteiger partial charge is 0.489 e. The summed E-state index contributed by atoms with van der Waals surface area (Å²) in [6, 6.07) is 18.2. The van der Waals surface area contributed by atoms with E-state index in [9.17, 15) is 5.11 Å². The third-order valence-corrected chi connectivity index (χ3v) is 3.73. The van der Waals surface area contributed by atoms with Crippen LogP contribution in [-0.2, 0) is 13.2 Å². The third-order valence-electron chi connectivity index (χ3n) is 3.73. The molecule has 0 aliphatic carbocycles. The van der Waals surface area contributed by atoms with Gasteiger partial charge in [0.15, 0.2) is 0 Å². The van der Waals surface area contributed by atoms with Crippen LogP contribution in [0.1, 0.15) is 38.3 Å². The number of hydrogen-bond donors (Lipinski definition) is 2. The van der Waals surface area contributed by atoms with Crippen LogP contribution in [0.3, 0.4) is 0 Å². The number of ether oxygens (including phenoxy) is 1. The minimum absolute atomic E-state index is 0.152. The lowest BCUT2D eigenvalue weighted by molar-refractivity contribution is 0.119. The lowest BCUT2D eigenvalue weighted by Gasteiger charge is -2.22. The van der Waals surface area contributed by atoms with Gasteiger partial charge in [-0.05, 0) is 35.1 Å². The van der Waals surface area contributed by atoms with Gasteiger partial charge >= 0.3 is 0 Å². The van der Waals surface area contributed by atoms with E-state index < -0.39 is 0 Å². The normalized spacial score (nSPS) is 12.8. The third kappa shape index (κ3) is 7.16. The van der Waals surface area contributed by atoms with Crippen molar-refractivity contribution in [2.45, 2.75) is 46.4 Å². The molecule has 24 heavy (non-hydrogen) atoms. The van der Waals surface area contributed by atoms with Gasteiger partial charge in [0.2, 0.25) is 0 Å². The molecule has 2 rings (SSSR count). The van der Waals surface area contributed by atoms with Crippen LogP contribution in [0.5, 0.6) is 5.75 Å². The van der Waals surface area contributed by atoms with Gasteiger partial charge in [-0.2, -0.15) is 0 Å². The van der Waals surface area contributed by atoms with Gasteiger partial charge in [-0.1, -0.05) is 63.2 Å². The van der Waals surface area contributed by atoms with Crippen molar-refractivity contribution in [3.8, 4) is 5.75 Å². The Labute approximate surface area is 145 Å². The van der Waals surface area contributed by atoms with Crippen molar-refractivity contribution < 1.29 is 9.84 Å². The van der Waals surface area contributed by atoms with Crippen LogP contribution in [0.4, 0.5) is 0 Å². The van der Waals surface area contributed by atoms with E-state index >= 15 is 0 Å². The maximum atomic E-state index is 10.0. The second kappa shape index (κ2) is 8.86. The molecule has 0 spiro atoms. The molecule has 0 amide bonds. The zero-order valence-electron chi connectivity index (χ0n) is 15.0. The minimum Gasteiger partial charge on any atom is -0.489 e. The average Bonchev–Trinajstić information content (AvgIpc) is 2.53. The smallest absolute Gasteiger partial charge is 0.119 e. The molecule has 0 aliphatic heterocycles. The second-order valence-electron chi connectivity index (χ2n) is 7.47. The highest BCUT2D eigenvalue weighted by atomic mass is 16.5. The molecular formula is C21H29NO2. The van der Waals surface area contributed by atoms with Crippen molar-refractivity contribution in [3.05, 3.63) is 65.7 Å². The Balaban J connectivity index is 1.72. The molecule has 0 aliphatic rings. The van der Waals surface area contributed by atoms with Crippen LogP contribution < -0.4 is 10.1 Å². The molecule has 2 aromatic rings. The minimum atomic E-state index is -0.307. The Morgan fingerprint density at radius 1 is 0.958 bits per heavy atom. The van der Waals surface area contributed by atoms with Crippen LogP contribution in [0, 0.1) is 5.41 Å². The Kier molecular flexibility index (Phi) is 6.83. The standard InChI is InChI=1S/C21H29NO2/c1-21(2,3)13-19(23)15-22-14-17-9-11-20(12-10-17)24-16-18-7-5-4-6-8-18/h4-12,19,22-23H,13-16H2,1-3H3. The Morgan fingerprint density at radius 2 is 1.62 bits per heavy atom. The molecule has 0 saturated heterocycles. The van der Waals surface area contributed by atoms with Gasteiger partial charge < -0.3 is 15.2 Å². The van der Waals surface area contributed by atoms with Crippen LogP contribution in [0.15, 0.2) is 54.6 Å². The highest BCUT2D eigenvalue weighted by Gasteiger charge is 2.16. The van der Waals surface area contributed by atoms with E-state index in [0.717, 1.165) is 24.3 Å². The fourth-order valence-electron chi connectivity index (χ4n) is 2.61. The first-order valence-electron chi connectivity index (χ1n) is 8.57. The summed E-state index contributed by atoms with van der Waals surface area (Å²) in [5.74, 6) is 0.871. The Bertz CT molecular complexity index is 587. The van der Waals surface area contributed by atoms with Gasteiger partial charge in [-0.15, -0.1) is 0 Å². The summed E-state index contributed by atoms with van der Waals surface area (Å²) in [6.45, 7) is 8.38. The highest BCUT2D eigenvalue weighted by Crippen LogP contribution is 2.20. The Hall–Kier alpha value is -1.84. The van der Waals surface area contributed by atoms with E-state index in [-0.39, 0.29) is 11.5 Å². The SMILES string of the molecule is CC(C)(C)CC(O)CNCc1ccc(OCc2ccccc2)cc1. The lowest BCUT2D eigenvalue weighted by atomic mass is 9.89. The lowest BCUT2D eigenvalue weighted by Crippen LogP contribution is -2.29. The van der Waals surface area contributed by atoms with Gasteiger partial charge in [0.1, 0.15) is 12.4 Å². The van der Waals surface area contributed by atoms with Crippen LogP contribution in [0.2, 0.25) is 0 Å². The van der Waals surface area contributed by atoms with E-state index in [1.807, 2.05) is 30.3 Å². The molecule has 2 N–H and O–H groups in total. The molecular weight excluding hydrogens is 298 g/mol. The maximum Gasteiger partial charge on any atom is 0.119 e.